The van der Waals surface area contributed by atoms with E-state index in [0.29, 0.717) is 10.9 Å². The third-order valence-electron chi connectivity index (χ3n) is 2.19. The van der Waals surface area contributed by atoms with Gasteiger partial charge in [0, 0.05) is 10.9 Å². The van der Waals surface area contributed by atoms with Crippen LogP contribution < -0.4 is 10.9 Å². The molecule has 7 heteroatoms. The Balaban J connectivity index is 2.67. The number of aromatic nitrogens is 1. The molecule has 0 saturated carbocycles. The Morgan fingerprint density at radius 3 is 2.50 bits per heavy atom. The van der Waals surface area contributed by atoms with E-state index in [9.17, 15) is 13.2 Å². The maximum absolute atomic E-state index is 11.1. The van der Waals surface area contributed by atoms with Crippen molar-refractivity contribution >= 4 is 26.8 Å². The van der Waals surface area contributed by atoms with Crippen molar-refractivity contribution in [3.63, 3.8) is 0 Å². The number of H-pyrrole nitrogens is 1. The van der Waals surface area contributed by atoms with Crippen molar-refractivity contribution in [3.8, 4) is 0 Å². The maximum atomic E-state index is 11.1. The van der Waals surface area contributed by atoms with E-state index in [-0.39, 0.29) is 10.6 Å². The second-order valence-corrected chi connectivity index (χ2v) is 4.90. The van der Waals surface area contributed by atoms with E-state index in [0.717, 1.165) is 0 Å². The minimum atomic E-state index is -3.74. The Kier molecular flexibility index (Phi) is 2.21. The first-order chi connectivity index (χ1) is 7.38. The predicted molar refractivity (Wildman–Crippen MR) is 58.2 cm³/mol. The first kappa shape index (κ1) is 10.7. The summed E-state index contributed by atoms with van der Waals surface area (Å²) in [6, 6.07) is 5.75. The summed E-state index contributed by atoms with van der Waals surface area (Å²) in [5, 5.41) is 5.55. The first-order valence-electron chi connectivity index (χ1n) is 4.33. The smallest absolute Gasteiger partial charge is 0.265 e. The number of carbonyl (C=O) groups is 1. The van der Waals surface area contributed by atoms with Crippen molar-refractivity contribution in [1.82, 2.24) is 4.98 Å². The summed E-state index contributed by atoms with van der Waals surface area (Å²) in [5.41, 5.74) is 5.94. The lowest BCUT2D eigenvalue weighted by atomic mass is 10.2. The molecule has 0 aliphatic heterocycles. The van der Waals surface area contributed by atoms with Gasteiger partial charge in [0.2, 0.25) is 10.0 Å². The standard InChI is InChI=1S/C9H9N3O3S/c10-9(13)8-4-5-3-6(16(11,14)15)1-2-7(5)12-8/h1-4,12H,(H2,10,13)(H2,11,14,15). The van der Waals surface area contributed by atoms with E-state index in [1.165, 1.54) is 24.3 Å². The number of hydrogen-bond acceptors (Lipinski definition) is 3. The summed E-state index contributed by atoms with van der Waals surface area (Å²) in [7, 11) is -3.74. The molecule has 2 aromatic rings. The van der Waals surface area contributed by atoms with E-state index in [1.54, 1.807) is 0 Å². The fraction of sp³-hybridized carbons (Fsp3) is 0. The van der Waals surface area contributed by atoms with Crippen LogP contribution in [0.15, 0.2) is 29.2 Å². The monoisotopic (exact) mass is 239 g/mol. The van der Waals surface area contributed by atoms with Gasteiger partial charge in [-0.05, 0) is 24.3 Å². The zero-order valence-corrected chi connectivity index (χ0v) is 8.91. The zero-order valence-electron chi connectivity index (χ0n) is 8.10. The van der Waals surface area contributed by atoms with Gasteiger partial charge in [-0.1, -0.05) is 0 Å². The molecule has 2 rings (SSSR count). The summed E-state index contributed by atoms with van der Waals surface area (Å²) in [6.07, 6.45) is 0. The number of hydrogen-bond donors (Lipinski definition) is 3. The normalized spacial score (nSPS) is 11.8. The number of aromatic amines is 1. The third-order valence-corrected chi connectivity index (χ3v) is 3.10. The fourth-order valence-corrected chi connectivity index (χ4v) is 1.97. The number of benzene rings is 1. The maximum Gasteiger partial charge on any atom is 0.265 e. The highest BCUT2D eigenvalue weighted by Gasteiger charge is 2.11. The first-order valence-corrected chi connectivity index (χ1v) is 5.88. The van der Waals surface area contributed by atoms with Gasteiger partial charge in [0.05, 0.1) is 4.90 Å². The molecule has 84 valence electrons. The Morgan fingerprint density at radius 1 is 1.25 bits per heavy atom. The predicted octanol–water partition coefficient (Wildman–Crippen LogP) is -0.0858. The van der Waals surface area contributed by atoms with Crippen LogP contribution in [0.4, 0.5) is 0 Å². The molecule has 1 heterocycles. The average Bonchev–Trinajstić information content (AvgIpc) is 2.58. The highest BCUT2D eigenvalue weighted by atomic mass is 32.2. The van der Waals surface area contributed by atoms with Gasteiger partial charge in [-0.15, -0.1) is 0 Å². The van der Waals surface area contributed by atoms with Crippen LogP contribution in [0.1, 0.15) is 10.5 Å². The molecule has 6 nitrogen and oxygen atoms in total. The van der Waals surface area contributed by atoms with Crippen LogP contribution in [-0.4, -0.2) is 19.3 Å². The van der Waals surface area contributed by atoms with Gasteiger partial charge in [-0.25, -0.2) is 13.6 Å². The van der Waals surface area contributed by atoms with Crippen molar-refractivity contribution in [2.75, 3.05) is 0 Å². The van der Waals surface area contributed by atoms with E-state index in [2.05, 4.69) is 4.98 Å². The lowest BCUT2D eigenvalue weighted by Gasteiger charge is -1.96. The quantitative estimate of drug-likeness (QED) is 0.679. The van der Waals surface area contributed by atoms with Crippen LogP contribution in [0.25, 0.3) is 10.9 Å². The van der Waals surface area contributed by atoms with Gasteiger partial charge in [-0.3, -0.25) is 4.79 Å². The largest absolute Gasteiger partial charge is 0.364 e. The summed E-state index contributed by atoms with van der Waals surface area (Å²) in [4.78, 5) is 13.7. The molecular weight excluding hydrogens is 230 g/mol. The highest BCUT2D eigenvalue weighted by Crippen LogP contribution is 2.19. The Bertz CT molecular complexity index is 672. The number of fused-ring (bicyclic) bond motifs is 1. The van der Waals surface area contributed by atoms with Crippen LogP contribution >= 0.6 is 0 Å². The molecule has 0 unspecified atom stereocenters. The summed E-state index contributed by atoms with van der Waals surface area (Å²) in [5.74, 6) is -0.603. The van der Waals surface area contributed by atoms with Crippen molar-refractivity contribution in [2.24, 2.45) is 10.9 Å². The molecule has 0 atom stereocenters. The van der Waals surface area contributed by atoms with Gasteiger partial charge < -0.3 is 10.7 Å². The van der Waals surface area contributed by atoms with Gasteiger partial charge in [0.25, 0.3) is 5.91 Å². The summed E-state index contributed by atoms with van der Waals surface area (Å²) < 4.78 is 22.2. The number of carbonyl (C=O) groups excluding carboxylic acids is 1. The van der Waals surface area contributed by atoms with E-state index >= 15 is 0 Å². The molecule has 0 aliphatic rings. The molecule has 1 aromatic carbocycles. The molecule has 0 saturated heterocycles. The SMILES string of the molecule is NC(=O)c1cc2cc(S(N)(=O)=O)ccc2[nH]1. The van der Waals surface area contributed by atoms with Crippen molar-refractivity contribution in [3.05, 3.63) is 30.0 Å². The third kappa shape index (κ3) is 1.77. The van der Waals surface area contributed by atoms with Gasteiger partial charge in [-0.2, -0.15) is 0 Å². The Morgan fingerprint density at radius 2 is 1.94 bits per heavy atom. The van der Waals surface area contributed by atoms with Crippen molar-refractivity contribution < 1.29 is 13.2 Å². The molecule has 0 spiro atoms. The number of primary amides is 1. The minimum absolute atomic E-state index is 0.00461. The molecule has 0 radical (unpaired) electrons. The van der Waals surface area contributed by atoms with Crippen molar-refractivity contribution in [1.29, 1.82) is 0 Å². The summed E-state index contributed by atoms with van der Waals surface area (Å²) in [6.45, 7) is 0. The van der Waals surface area contributed by atoms with E-state index in [1.807, 2.05) is 0 Å². The topological polar surface area (TPSA) is 119 Å². The van der Waals surface area contributed by atoms with Crippen LogP contribution in [0.2, 0.25) is 0 Å². The minimum Gasteiger partial charge on any atom is -0.364 e. The number of nitrogens with two attached hydrogens (primary N) is 2. The lowest BCUT2D eigenvalue weighted by Crippen LogP contribution is -2.11. The molecule has 1 aromatic heterocycles. The molecule has 5 N–H and O–H groups in total. The highest BCUT2D eigenvalue weighted by molar-refractivity contribution is 7.89. The Labute approximate surface area is 91.3 Å². The second-order valence-electron chi connectivity index (χ2n) is 3.34. The molecule has 0 fully saturated rings. The number of sulfonamides is 1. The van der Waals surface area contributed by atoms with Crippen LogP contribution in [0.5, 0.6) is 0 Å². The fourth-order valence-electron chi connectivity index (χ4n) is 1.42. The summed E-state index contributed by atoms with van der Waals surface area (Å²) >= 11 is 0. The van der Waals surface area contributed by atoms with Crippen molar-refractivity contribution in [2.45, 2.75) is 4.90 Å². The van der Waals surface area contributed by atoms with Gasteiger partial charge in [0.1, 0.15) is 5.69 Å². The molecular formula is C9H9N3O3S. The number of nitrogens with one attached hydrogen (secondary N) is 1. The van der Waals surface area contributed by atoms with Gasteiger partial charge in [0.15, 0.2) is 0 Å². The van der Waals surface area contributed by atoms with Crippen LogP contribution in [0.3, 0.4) is 0 Å². The zero-order chi connectivity index (χ0) is 11.9. The van der Waals surface area contributed by atoms with Crippen LogP contribution in [0, 0.1) is 0 Å². The lowest BCUT2D eigenvalue weighted by molar-refractivity contribution is 0.0996. The Hall–Kier alpha value is -1.86. The van der Waals surface area contributed by atoms with Gasteiger partial charge >= 0.3 is 0 Å². The van der Waals surface area contributed by atoms with E-state index in [4.69, 9.17) is 10.9 Å². The number of rotatable bonds is 2. The van der Waals surface area contributed by atoms with Crippen LogP contribution in [-0.2, 0) is 10.0 Å². The molecule has 0 bridgehead atoms. The second kappa shape index (κ2) is 3.32. The number of amides is 1. The van der Waals surface area contributed by atoms with E-state index < -0.39 is 15.9 Å². The molecule has 16 heavy (non-hydrogen) atoms. The average molecular weight is 239 g/mol. The molecule has 1 amide bonds. The number of primary sulfonamides is 1. The molecule has 0 aliphatic carbocycles.